The molecule has 4 heterocycles. The van der Waals surface area contributed by atoms with E-state index in [1.54, 1.807) is 41.8 Å². The minimum Gasteiger partial charge on any atom is -0.318 e. The van der Waals surface area contributed by atoms with Gasteiger partial charge in [-0.1, -0.05) is 41.5 Å². The van der Waals surface area contributed by atoms with E-state index in [0.717, 1.165) is 18.9 Å². The molecule has 2 aliphatic rings. The highest BCUT2D eigenvalue weighted by Crippen LogP contribution is 2.34. The summed E-state index contributed by atoms with van der Waals surface area (Å²) >= 11 is 0. The third-order valence-corrected chi connectivity index (χ3v) is 8.85. The molecule has 0 bridgehead atoms. The van der Waals surface area contributed by atoms with Gasteiger partial charge in [0.25, 0.3) is 11.1 Å². The highest BCUT2D eigenvalue weighted by molar-refractivity contribution is 5.98. The fourth-order valence-corrected chi connectivity index (χ4v) is 6.19. The van der Waals surface area contributed by atoms with E-state index in [1.165, 1.54) is 61.2 Å². The zero-order valence-corrected chi connectivity index (χ0v) is 31.2. The topological polar surface area (TPSA) is 169 Å². The summed E-state index contributed by atoms with van der Waals surface area (Å²) in [5.41, 5.74) is -0.280. The van der Waals surface area contributed by atoms with Gasteiger partial charge in [-0.15, -0.1) is 0 Å². The molecule has 268 valence electrons. The van der Waals surface area contributed by atoms with Crippen molar-refractivity contribution in [1.29, 1.82) is 0 Å². The van der Waals surface area contributed by atoms with Gasteiger partial charge in [-0.3, -0.25) is 47.2 Å². The predicted molar refractivity (Wildman–Crippen MR) is 182 cm³/mol. The minimum atomic E-state index is -0.650. The van der Waals surface area contributed by atoms with Gasteiger partial charge in [0.1, 0.15) is 0 Å². The van der Waals surface area contributed by atoms with Gasteiger partial charge >= 0.3 is 23.4 Å². The summed E-state index contributed by atoms with van der Waals surface area (Å²) in [5.74, 6) is -1.77. The molecule has 0 saturated carbocycles. The predicted octanol–water partition coefficient (Wildman–Crippen LogP) is 1.24. The molecule has 2 saturated heterocycles. The third kappa shape index (κ3) is 6.78. The van der Waals surface area contributed by atoms with Crippen molar-refractivity contribution in [3.63, 3.8) is 0 Å². The molecule has 4 rings (SSSR count). The Labute approximate surface area is 280 Å². The quantitative estimate of drug-likeness (QED) is 0.458. The van der Waals surface area contributed by atoms with Crippen LogP contribution in [-0.2, 0) is 37.8 Å². The molecule has 0 aliphatic carbocycles. The lowest BCUT2D eigenvalue weighted by atomic mass is 9.91. The van der Waals surface area contributed by atoms with Crippen LogP contribution in [0.5, 0.6) is 0 Å². The van der Waals surface area contributed by atoms with E-state index in [9.17, 15) is 38.4 Å². The number of aromatic nitrogens is 4. The van der Waals surface area contributed by atoms with Crippen molar-refractivity contribution >= 4 is 23.9 Å². The Hall–Kier alpha value is -4.76. The van der Waals surface area contributed by atoms with Crippen molar-refractivity contribution in [3.8, 4) is 0 Å². The molecule has 16 nitrogen and oxygen atoms in total. The van der Waals surface area contributed by atoms with Crippen molar-refractivity contribution in [2.24, 2.45) is 40.0 Å². The summed E-state index contributed by atoms with van der Waals surface area (Å²) in [6, 6.07) is -2.22. The van der Waals surface area contributed by atoms with E-state index in [4.69, 9.17) is 0 Å². The summed E-state index contributed by atoms with van der Waals surface area (Å²) in [6.07, 6.45) is 0. The Bertz CT molecular complexity index is 1570. The molecule has 1 unspecified atom stereocenters. The SMILES string of the molecule is CC.CC.Cc1c([C@@H]2[C@H](C)C(=O)N(C)C(=O)N2C)n(C)c(=O)n(C)c1=O.Cc1c([C@H]2C(C)C(=O)N(C)C(=O)N2C)n(C)c(=O)n(C)c1=O. The van der Waals surface area contributed by atoms with Crippen LogP contribution in [0.3, 0.4) is 0 Å². The summed E-state index contributed by atoms with van der Waals surface area (Å²) in [6.45, 7) is 14.6. The number of amides is 6. The van der Waals surface area contributed by atoms with Crippen LogP contribution in [0.2, 0.25) is 0 Å². The number of hydrogen-bond donors (Lipinski definition) is 0. The fraction of sp³-hybridized carbons (Fsp3) is 0.625. The van der Waals surface area contributed by atoms with Crippen LogP contribution in [0.4, 0.5) is 9.59 Å². The van der Waals surface area contributed by atoms with Gasteiger partial charge in [0.15, 0.2) is 0 Å². The van der Waals surface area contributed by atoms with Crippen molar-refractivity contribution in [1.82, 2.24) is 37.9 Å². The van der Waals surface area contributed by atoms with Crippen LogP contribution >= 0.6 is 0 Å². The van der Waals surface area contributed by atoms with Gasteiger partial charge in [-0.25, -0.2) is 19.2 Å². The standard InChI is InChI=1S/2C14H20N4O4.2C2H6/c2*1-7-9(15(3)13(21)17(5)11(7)19)10-8(2)12(20)18(6)14(22)16(10)4;2*1-2/h2*7,9H,1-6H3;2*1-2H3/t7?,9-;7-,9-;;/m10../s1. The summed E-state index contributed by atoms with van der Waals surface area (Å²) in [7, 11) is 11.9. The molecule has 0 radical (unpaired) electrons. The Morgan fingerprint density at radius 3 is 0.938 bits per heavy atom. The molecule has 0 N–H and O–H groups in total. The second-order valence-corrected chi connectivity index (χ2v) is 11.5. The molecular formula is C32H52N8O8. The molecule has 2 aromatic rings. The third-order valence-electron chi connectivity index (χ3n) is 8.85. The number of hydrogen-bond acceptors (Lipinski definition) is 8. The Balaban J connectivity index is 0.000000435. The first-order valence-electron chi connectivity index (χ1n) is 15.8. The maximum atomic E-state index is 12.2. The smallest absolute Gasteiger partial charge is 0.318 e. The Morgan fingerprint density at radius 1 is 0.438 bits per heavy atom. The number of imide groups is 2. The number of urea groups is 2. The summed E-state index contributed by atoms with van der Waals surface area (Å²) in [4.78, 5) is 102. The van der Waals surface area contributed by atoms with Crippen LogP contribution < -0.4 is 22.5 Å². The first kappa shape index (κ1) is 41.3. The molecule has 2 fully saturated rings. The highest BCUT2D eigenvalue weighted by atomic mass is 16.2. The van der Waals surface area contributed by atoms with E-state index in [-0.39, 0.29) is 11.8 Å². The van der Waals surface area contributed by atoms with Gasteiger partial charge in [-0.2, -0.15) is 0 Å². The van der Waals surface area contributed by atoms with Gasteiger partial charge in [-0.05, 0) is 13.8 Å². The molecule has 2 aliphatic heterocycles. The molecule has 16 heteroatoms. The maximum Gasteiger partial charge on any atom is 0.330 e. The lowest BCUT2D eigenvalue weighted by molar-refractivity contribution is -0.137. The lowest BCUT2D eigenvalue weighted by Crippen LogP contribution is -2.56. The van der Waals surface area contributed by atoms with Crippen molar-refractivity contribution in [2.45, 2.75) is 67.5 Å². The van der Waals surface area contributed by atoms with E-state index in [1.807, 2.05) is 27.7 Å². The minimum absolute atomic E-state index is 0.333. The van der Waals surface area contributed by atoms with E-state index in [0.29, 0.717) is 22.5 Å². The van der Waals surface area contributed by atoms with E-state index in [2.05, 4.69) is 0 Å². The average molecular weight is 677 g/mol. The molecule has 6 amide bonds. The van der Waals surface area contributed by atoms with Crippen LogP contribution in [0.25, 0.3) is 0 Å². The largest absolute Gasteiger partial charge is 0.330 e. The van der Waals surface area contributed by atoms with Crippen LogP contribution in [0.15, 0.2) is 19.2 Å². The summed E-state index contributed by atoms with van der Waals surface area (Å²) in [5, 5.41) is 0. The maximum absolute atomic E-state index is 12.2. The monoisotopic (exact) mass is 676 g/mol. The van der Waals surface area contributed by atoms with Crippen molar-refractivity contribution in [3.05, 3.63) is 64.2 Å². The van der Waals surface area contributed by atoms with Gasteiger partial charge in [0.2, 0.25) is 11.8 Å². The molecule has 0 spiro atoms. The second-order valence-electron chi connectivity index (χ2n) is 11.5. The lowest BCUT2D eigenvalue weighted by Gasteiger charge is -2.41. The van der Waals surface area contributed by atoms with Crippen LogP contribution in [0, 0.1) is 25.7 Å². The molecule has 0 aromatic carbocycles. The highest BCUT2D eigenvalue weighted by Gasteiger charge is 2.44. The number of carbonyl (C=O) groups is 4. The molecule has 4 atom stereocenters. The number of carbonyl (C=O) groups excluding carboxylic acids is 4. The van der Waals surface area contributed by atoms with Gasteiger partial charge < -0.3 is 9.80 Å². The second kappa shape index (κ2) is 15.9. The Morgan fingerprint density at radius 2 is 0.688 bits per heavy atom. The first-order chi connectivity index (χ1) is 22.2. The molecular weight excluding hydrogens is 624 g/mol. The Kier molecular flexibility index (Phi) is 13.7. The van der Waals surface area contributed by atoms with Crippen LogP contribution in [0.1, 0.15) is 76.1 Å². The van der Waals surface area contributed by atoms with Gasteiger partial charge in [0, 0.05) is 67.5 Å². The zero-order chi connectivity index (χ0) is 37.9. The number of rotatable bonds is 2. The summed E-state index contributed by atoms with van der Waals surface area (Å²) < 4.78 is 4.70. The van der Waals surface area contributed by atoms with Crippen molar-refractivity contribution < 1.29 is 19.2 Å². The molecule has 2 aromatic heterocycles. The average Bonchev–Trinajstić information content (AvgIpc) is 3.09. The van der Waals surface area contributed by atoms with E-state index >= 15 is 0 Å². The first-order valence-corrected chi connectivity index (χ1v) is 15.8. The zero-order valence-electron chi connectivity index (χ0n) is 31.2. The van der Waals surface area contributed by atoms with Crippen LogP contribution in [-0.4, -0.2) is 89.9 Å². The molecule has 48 heavy (non-hydrogen) atoms. The van der Waals surface area contributed by atoms with E-state index < -0.39 is 58.5 Å². The normalized spacial score (nSPS) is 20.8. The fourth-order valence-electron chi connectivity index (χ4n) is 6.19. The van der Waals surface area contributed by atoms with Crippen molar-refractivity contribution in [2.75, 3.05) is 28.2 Å². The van der Waals surface area contributed by atoms with Gasteiger partial charge in [0.05, 0.1) is 35.3 Å². The number of nitrogens with zero attached hydrogens (tertiary/aromatic N) is 8.